The van der Waals surface area contributed by atoms with Crippen LogP contribution in [0.1, 0.15) is 26.3 Å². The van der Waals surface area contributed by atoms with Crippen molar-refractivity contribution in [3.8, 4) is 5.75 Å². The highest BCUT2D eigenvalue weighted by Crippen LogP contribution is 2.24. The summed E-state index contributed by atoms with van der Waals surface area (Å²) in [7, 11) is 0. The van der Waals surface area contributed by atoms with E-state index in [-0.39, 0.29) is 5.02 Å². The Morgan fingerprint density at radius 1 is 0.931 bits per heavy atom. The van der Waals surface area contributed by atoms with Gasteiger partial charge in [-0.1, -0.05) is 57.3 Å². The zero-order valence-corrected chi connectivity index (χ0v) is 17.8. The summed E-state index contributed by atoms with van der Waals surface area (Å²) in [5.41, 5.74) is 3.63. The lowest BCUT2D eigenvalue weighted by Crippen LogP contribution is -2.17. The lowest BCUT2D eigenvalue weighted by molar-refractivity contribution is 0.0734. The molecule has 3 rings (SSSR count). The Labute approximate surface area is 185 Å². The maximum absolute atomic E-state index is 12.3. The summed E-state index contributed by atoms with van der Waals surface area (Å²) < 4.78 is 6.22. The van der Waals surface area contributed by atoms with Crippen LogP contribution in [0.5, 0.6) is 5.75 Å². The van der Waals surface area contributed by atoms with E-state index in [1.807, 2.05) is 6.07 Å². The number of hydrogen-bond acceptors (Lipinski definition) is 4. The molecule has 3 aromatic rings. The maximum atomic E-state index is 12.3. The Hall–Kier alpha value is -2.67. The third-order valence-electron chi connectivity index (χ3n) is 3.74. The van der Waals surface area contributed by atoms with Gasteiger partial charge in [0.15, 0.2) is 0 Å². The van der Waals surface area contributed by atoms with Crippen LogP contribution in [0, 0.1) is 0 Å². The minimum atomic E-state index is -0.498. The van der Waals surface area contributed by atoms with Crippen molar-refractivity contribution >= 4 is 57.2 Å². The zero-order chi connectivity index (χ0) is 20.8. The van der Waals surface area contributed by atoms with E-state index in [2.05, 4.69) is 26.5 Å². The second-order valence-corrected chi connectivity index (χ2v) is 7.50. The molecule has 0 bridgehead atoms. The molecule has 0 fully saturated rings. The molecular formula is C21H13BrCl2N2O3. The van der Waals surface area contributed by atoms with Gasteiger partial charge < -0.3 is 4.74 Å². The highest BCUT2D eigenvalue weighted by atomic mass is 79.9. The number of rotatable bonds is 5. The highest BCUT2D eigenvalue weighted by Gasteiger charge is 2.12. The van der Waals surface area contributed by atoms with Crippen LogP contribution in [-0.4, -0.2) is 18.1 Å². The van der Waals surface area contributed by atoms with Gasteiger partial charge in [0, 0.05) is 15.6 Å². The molecule has 0 atom stereocenters. The molecule has 146 valence electrons. The Morgan fingerprint density at radius 3 is 2.41 bits per heavy atom. The predicted octanol–water partition coefficient (Wildman–Crippen LogP) is 5.74. The topological polar surface area (TPSA) is 67.8 Å². The van der Waals surface area contributed by atoms with Crippen LogP contribution in [0.25, 0.3) is 0 Å². The fourth-order valence-corrected chi connectivity index (χ4v) is 2.99. The number of hydrazone groups is 1. The molecule has 0 saturated carbocycles. The third-order valence-corrected chi connectivity index (χ3v) is 4.97. The monoisotopic (exact) mass is 490 g/mol. The molecule has 1 N–H and O–H groups in total. The first kappa shape index (κ1) is 21.0. The van der Waals surface area contributed by atoms with Gasteiger partial charge in [0.05, 0.1) is 21.8 Å². The average molecular weight is 492 g/mol. The number of nitrogens with one attached hydrogen (secondary N) is 1. The number of amides is 1. The summed E-state index contributed by atoms with van der Waals surface area (Å²) in [6, 6.07) is 18.2. The first-order valence-corrected chi connectivity index (χ1v) is 9.84. The number of carbonyl (C=O) groups excluding carboxylic acids is 2. The molecule has 0 aliphatic heterocycles. The summed E-state index contributed by atoms with van der Waals surface area (Å²) in [5.74, 6) is -0.658. The van der Waals surface area contributed by atoms with Gasteiger partial charge in [-0.3, -0.25) is 4.79 Å². The number of hydrogen-bond donors (Lipinski definition) is 1. The fourth-order valence-electron chi connectivity index (χ4n) is 2.31. The van der Waals surface area contributed by atoms with E-state index < -0.39 is 11.9 Å². The zero-order valence-electron chi connectivity index (χ0n) is 14.7. The SMILES string of the molecule is O=C(NN=Cc1cc(Br)ccc1OC(=O)c1ccccc1)c1ccc(Cl)c(Cl)c1. The van der Waals surface area contributed by atoms with E-state index in [4.69, 9.17) is 27.9 Å². The van der Waals surface area contributed by atoms with Crippen LogP contribution in [0.3, 0.4) is 0 Å². The van der Waals surface area contributed by atoms with Gasteiger partial charge in [-0.2, -0.15) is 5.10 Å². The van der Waals surface area contributed by atoms with E-state index in [1.54, 1.807) is 42.5 Å². The number of esters is 1. The standard InChI is InChI=1S/C21H13BrCl2N2O3/c22-16-7-9-19(29-21(28)13-4-2-1-3-5-13)15(10-16)12-25-26-20(27)14-6-8-17(23)18(24)11-14/h1-12H,(H,26,27). The Balaban J connectivity index is 1.74. The van der Waals surface area contributed by atoms with Crippen molar-refractivity contribution in [2.24, 2.45) is 5.10 Å². The number of carbonyl (C=O) groups is 2. The lowest BCUT2D eigenvalue weighted by atomic mass is 10.2. The highest BCUT2D eigenvalue weighted by molar-refractivity contribution is 9.10. The van der Waals surface area contributed by atoms with Crippen LogP contribution >= 0.6 is 39.1 Å². The van der Waals surface area contributed by atoms with E-state index in [1.165, 1.54) is 24.4 Å². The molecule has 0 spiro atoms. The molecule has 8 heteroatoms. The van der Waals surface area contributed by atoms with Gasteiger partial charge in [-0.05, 0) is 48.5 Å². The second-order valence-electron chi connectivity index (χ2n) is 5.77. The van der Waals surface area contributed by atoms with Crippen LogP contribution in [0.4, 0.5) is 0 Å². The molecule has 29 heavy (non-hydrogen) atoms. The molecule has 0 heterocycles. The van der Waals surface area contributed by atoms with Gasteiger partial charge in [0.1, 0.15) is 5.75 Å². The maximum Gasteiger partial charge on any atom is 0.343 e. The van der Waals surface area contributed by atoms with Crippen LogP contribution in [0.2, 0.25) is 10.0 Å². The number of halogens is 3. The molecule has 0 saturated heterocycles. The molecule has 0 aromatic heterocycles. The molecule has 0 radical (unpaired) electrons. The van der Waals surface area contributed by atoms with Gasteiger partial charge in [0.2, 0.25) is 0 Å². The molecule has 0 aliphatic carbocycles. The summed E-state index contributed by atoms with van der Waals surface area (Å²) in [6.07, 6.45) is 1.38. The number of nitrogens with zero attached hydrogens (tertiary/aromatic N) is 1. The first-order valence-electron chi connectivity index (χ1n) is 8.29. The summed E-state index contributed by atoms with van der Waals surface area (Å²) >= 11 is 15.1. The number of ether oxygens (including phenoxy) is 1. The summed E-state index contributed by atoms with van der Waals surface area (Å²) in [4.78, 5) is 24.5. The van der Waals surface area contributed by atoms with Crippen molar-refractivity contribution in [1.82, 2.24) is 5.43 Å². The van der Waals surface area contributed by atoms with Crippen molar-refractivity contribution in [3.05, 3.63) is 97.9 Å². The van der Waals surface area contributed by atoms with Crippen molar-refractivity contribution in [2.75, 3.05) is 0 Å². The Morgan fingerprint density at radius 2 is 1.69 bits per heavy atom. The Kier molecular flexibility index (Phi) is 7.04. The van der Waals surface area contributed by atoms with E-state index in [9.17, 15) is 9.59 Å². The largest absolute Gasteiger partial charge is 0.422 e. The van der Waals surface area contributed by atoms with Gasteiger partial charge in [-0.25, -0.2) is 10.2 Å². The van der Waals surface area contributed by atoms with E-state index >= 15 is 0 Å². The first-order chi connectivity index (χ1) is 13.9. The minimum absolute atomic E-state index is 0.269. The van der Waals surface area contributed by atoms with Crippen molar-refractivity contribution in [1.29, 1.82) is 0 Å². The smallest absolute Gasteiger partial charge is 0.343 e. The average Bonchev–Trinajstić information content (AvgIpc) is 2.72. The van der Waals surface area contributed by atoms with Crippen LogP contribution in [-0.2, 0) is 0 Å². The fraction of sp³-hybridized carbons (Fsp3) is 0. The molecule has 0 unspecified atom stereocenters. The van der Waals surface area contributed by atoms with E-state index in [0.29, 0.717) is 27.5 Å². The third kappa shape index (κ3) is 5.67. The van der Waals surface area contributed by atoms with Crippen molar-refractivity contribution in [3.63, 3.8) is 0 Å². The van der Waals surface area contributed by atoms with E-state index in [0.717, 1.165) is 4.47 Å². The molecule has 3 aromatic carbocycles. The van der Waals surface area contributed by atoms with Gasteiger partial charge in [0.25, 0.3) is 5.91 Å². The van der Waals surface area contributed by atoms with Gasteiger partial charge >= 0.3 is 5.97 Å². The lowest BCUT2D eigenvalue weighted by Gasteiger charge is -2.08. The molecule has 1 amide bonds. The van der Waals surface area contributed by atoms with Crippen LogP contribution < -0.4 is 10.2 Å². The minimum Gasteiger partial charge on any atom is -0.422 e. The van der Waals surface area contributed by atoms with Crippen LogP contribution in [0.15, 0.2) is 76.3 Å². The molecular weight excluding hydrogens is 479 g/mol. The van der Waals surface area contributed by atoms with Crippen molar-refractivity contribution < 1.29 is 14.3 Å². The quantitative estimate of drug-likeness (QED) is 0.214. The number of benzene rings is 3. The summed E-state index contributed by atoms with van der Waals surface area (Å²) in [5, 5.41) is 4.56. The van der Waals surface area contributed by atoms with Gasteiger partial charge in [-0.15, -0.1) is 0 Å². The predicted molar refractivity (Wildman–Crippen MR) is 117 cm³/mol. The normalized spacial score (nSPS) is 10.7. The van der Waals surface area contributed by atoms with Crippen molar-refractivity contribution in [2.45, 2.75) is 0 Å². The Bertz CT molecular complexity index is 1090. The molecule has 0 aliphatic rings. The molecule has 5 nitrogen and oxygen atoms in total. The summed E-state index contributed by atoms with van der Waals surface area (Å²) in [6.45, 7) is 0. The second kappa shape index (κ2) is 9.69.